The van der Waals surface area contributed by atoms with E-state index in [-0.39, 0.29) is 5.41 Å². The van der Waals surface area contributed by atoms with Crippen LogP contribution in [0.2, 0.25) is 0 Å². The van der Waals surface area contributed by atoms with Gasteiger partial charge < -0.3 is 4.74 Å². The maximum atomic E-state index is 9.58. The number of nitriles is 1. The Morgan fingerprint density at radius 1 is 1.50 bits per heavy atom. The molecule has 0 heterocycles. The highest BCUT2D eigenvalue weighted by Gasteiger charge is 2.35. The number of hydrogen-bond donors (Lipinski definition) is 0. The molecule has 0 N–H and O–H groups in total. The van der Waals surface area contributed by atoms with E-state index in [9.17, 15) is 5.26 Å². The lowest BCUT2D eigenvalue weighted by Crippen LogP contribution is -2.29. The van der Waals surface area contributed by atoms with Gasteiger partial charge in [-0.2, -0.15) is 5.26 Å². The Hall–Kier alpha value is -1.01. The van der Waals surface area contributed by atoms with Crippen LogP contribution in [0.25, 0.3) is 0 Å². The van der Waals surface area contributed by atoms with Crippen LogP contribution in [0, 0.1) is 22.7 Å². The van der Waals surface area contributed by atoms with Crippen molar-refractivity contribution in [1.82, 2.24) is 0 Å². The smallest absolute Gasteiger partial charge is 0.120 e. The maximum absolute atomic E-state index is 9.58. The Bertz CT molecular complexity index is 482. The first-order chi connectivity index (χ1) is 9.67. The molecular weight excluding hydrogens is 314 g/mol. The fourth-order valence-electron chi connectivity index (χ4n) is 3.14. The standard InChI is InChI=1S/C17H22BrNO/c1-2-14-5-4-8-17(12-14,13-19)9-10-20-16-7-3-6-15(18)11-16/h3,6-7,11,14H,2,4-5,8-10,12H2,1H3. The Morgan fingerprint density at radius 3 is 3.05 bits per heavy atom. The van der Waals surface area contributed by atoms with Crippen LogP contribution in [0.15, 0.2) is 28.7 Å². The lowest BCUT2D eigenvalue weighted by molar-refractivity contribution is 0.152. The van der Waals surface area contributed by atoms with Crippen LogP contribution in [0.1, 0.15) is 45.4 Å². The van der Waals surface area contributed by atoms with Gasteiger partial charge in [-0.25, -0.2) is 0 Å². The summed E-state index contributed by atoms with van der Waals surface area (Å²) in [6, 6.07) is 10.5. The van der Waals surface area contributed by atoms with Gasteiger partial charge in [0.25, 0.3) is 0 Å². The van der Waals surface area contributed by atoms with Crippen LogP contribution < -0.4 is 4.74 Å². The lowest BCUT2D eigenvalue weighted by atomic mass is 9.68. The van der Waals surface area contributed by atoms with Crippen molar-refractivity contribution >= 4 is 15.9 Å². The van der Waals surface area contributed by atoms with Gasteiger partial charge in [0, 0.05) is 10.9 Å². The molecule has 0 radical (unpaired) electrons. The Balaban J connectivity index is 1.89. The molecule has 0 saturated heterocycles. The average Bonchev–Trinajstić information content (AvgIpc) is 2.47. The summed E-state index contributed by atoms with van der Waals surface area (Å²) in [5, 5.41) is 9.58. The monoisotopic (exact) mass is 335 g/mol. The van der Waals surface area contributed by atoms with Crippen LogP contribution in [-0.2, 0) is 0 Å². The molecule has 1 saturated carbocycles. The van der Waals surface area contributed by atoms with E-state index >= 15 is 0 Å². The lowest BCUT2D eigenvalue weighted by Gasteiger charge is -2.35. The molecule has 2 nitrogen and oxygen atoms in total. The molecule has 3 heteroatoms. The Labute approximate surface area is 130 Å². The van der Waals surface area contributed by atoms with Crippen molar-refractivity contribution in [3.63, 3.8) is 0 Å². The molecule has 0 aliphatic heterocycles. The minimum atomic E-state index is -0.162. The zero-order valence-corrected chi connectivity index (χ0v) is 13.7. The quantitative estimate of drug-likeness (QED) is 0.728. The zero-order chi connectivity index (χ0) is 14.4. The molecular formula is C17H22BrNO. The van der Waals surface area contributed by atoms with E-state index in [0.29, 0.717) is 12.5 Å². The minimum Gasteiger partial charge on any atom is -0.493 e. The number of ether oxygens (including phenoxy) is 1. The fraction of sp³-hybridized carbons (Fsp3) is 0.588. The van der Waals surface area contributed by atoms with Crippen LogP contribution in [0.3, 0.4) is 0 Å². The number of benzene rings is 1. The zero-order valence-electron chi connectivity index (χ0n) is 12.1. The van der Waals surface area contributed by atoms with Crippen molar-refractivity contribution in [3.8, 4) is 11.8 Å². The predicted octanol–water partition coefficient (Wildman–Crippen LogP) is 5.33. The van der Waals surface area contributed by atoms with Crippen LogP contribution in [0.4, 0.5) is 0 Å². The summed E-state index contributed by atoms with van der Waals surface area (Å²) in [6.45, 7) is 2.86. The van der Waals surface area contributed by atoms with Gasteiger partial charge in [0.2, 0.25) is 0 Å². The van der Waals surface area contributed by atoms with Crippen molar-refractivity contribution < 1.29 is 4.74 Å². The molecule has 2 rings (SSSR count). The second-order valence-corrected chi connectivity index (χ2v) is 6.73. The Kier molecular flexibility index (Phi) is 5.48. The molecule has 2 unspecified atom stereocenters. The molecule has 0 amide bonds. The van der Waals surface area contributed by atoms with Crippen LogP contribution >= 0.6 is 15.9 Å². The van der Waals surface area contributed by atoms with Gasteiger partial charge in [-0.05, 0) is 37.0 Å². The second kappa shape index (κ2) is 7.13. The number of halogens is 1. The first-order valence-electron chi connectivity index (χ1n) is 7.47. The first-order valence-corrected chi connectivity index (χ1v) is 8.26. The minimum absolute atomic E-state index is 0.162. The van der Waals surface area contributed by atoms with Gasteiger partial charge in [-0.15, -0.1) is 0 Å². The van der Waals surface area contributed by atoms with Gasteiger partial charge in [-0.1, -0.05) is 48.2 Å². The third kappa shape index (κ3) is 3.99. The third-order valence-electron chi connectivity index (χ3n) is 4.41. The highest BCUT2D eigenvalue weighted by atomic mass is 79.9. The van der Waals surface area contributed by atoms with Gasteiger partial charge >= 0.3 is 0 Å². The first kappa shape index (κ1) is 15.4. The SMILES string of the molecule is CCC1CCCC(C#N)(CCOc2cccc(Br)c2)C1. The van der Waals surface area contributed by atoms with Gasteiger partial charge in [-0.3, -0.25) is 0 Å². The van der Waals surface area contributed by atoms with Crippen LogP contribution in [-0.4, -0.2) is 6.61 Å². The van der Waals surface area contributed by atoms with Crippen molar-refractivity contribution in [3.05, 3.63) is 28.7 Å². The average molecular weight is 336 g/mol. The molecule has 1 aromatic carbocycles. The number of hydrogen-bond acceptors (Lipinski definition) is 2. The highest BCUT2D eigenvalue weighted by molar-refractivity contribution is 9.10. The summed E-state index contributed by atoms with van der Waals surface area (Å²) in [5.41, 5.74) is -0.162. The van der Waals surface area contributed by atoms with E-state index in [0.717, 1.165) is 29.5 Å². The largest absolute Gasteiger partial charge is 0.493 e. The summed E-state index contributed by atoms with van der Waals surface area (Å²) in [7, 11) is 0. The molecule has 1 aliphatic carbocycles. The van der Waals surface area contributed by atoms with E-state index in [4.69, 9.17) is 4.74 Å². The second-order valence-electron chi connectivity index (χ2n) is 5.82. The topological polar surface area (TPSA) is 33.0 Å². The van der Waals surface area contributed by atoms with E-state index in [1.54, 1.807) is 0 Å². The van der Waals surface area contributed by atoms with Gasteiger partial charge in [0.05, 0.1) is 18.1 Å². The van der Waals surface area contributed by atoms with Gasteiger partial charge in [0.1, 0.15) is 5.75 Å². The molecule has 0 spiro atoms. The Morgan fingerprint density at radius 2 is 2.35 bits per heavy atom. The van der Waals surface area contributed by atoms with Crippen molar-refractivity contribution in [1.29, 1.82) is 5.26 Å². The molecule has 2 atom stereocenters. The molecule has 1 aromatic rings. The molecule has 0 aromatic heterocycles. The van der Waals surface area contributed by atoms with Gasteiger partial charge in [0.15, 0.2) is 0 Å². The van der Waals surface area contributed by atoms with E-state index in [1.807, 2.05) is 24.3 Å². The normalized spacial score (nSPS) is 25.9. The molecule has 20 heavy (non-hydrogen) atoms. The van der Waals surface area contributed by atoms with Crippen molar-refractivity contribution in [2.75, 3.05) is 6.61 Å². The summed E-state index contributed by atoms with van der Waals surface area (Å²) in [5.74, 6) is 1.59. The molecule has 108 valence electrons. The maximum Gasteiger partial charge on any atom is 0.120 e. The number of rotatable bonds is 5. The van der Waals surface area contributed by atoms with E-state index in [1.165, 1.54) is 19.3 Å². The fourth-order valence-corrected chi connectivity index (χ4v) is 3.52. The summed E-state index contributed by atoms with van der Waals surface area (Å²) >= 11 is 3.44. The van der Waals surface area contributed by atoms with E-state index < -0.39 is 0 Å². The highest BCUT2D eigenvalue weighted by Crippen LogP contribution is 2.42. The summed E-state index contributed by atoms with van der Waals surface area (Å²) in [6.07, 6.45) is 6.57. The number of nitrogens with zero attached hydrogens (tertiary/aromatic N) is 1. The van der Waals surface area contributed by atoms with Crippen molar-refractivity contribution in [2.24, 2.45) is 11.3 Å². The molecule has 1 aliphatic rings. The predicted molar refractivity (Wildman–Crippen MR) is 84.5 cm³/mol. The third-order valence-corrected chi connectivity index (χ3v) is 4.90. The summed E-state index contributed by atoms with van der Waals surface area (Å²) in [4.78, 5) is 0. The molecule has 1 fully saturated rings. The summed E-state index contributed by atoms with van der Waals surface area (Å²) < 4.78 is 6.83. The molecule has 0 bridgehead atoms. The van der Waals surface area contributed by atoms with E-state index in [2.05, 4.69) is 28.9 Å². The van der Waals surface area contributed by atoms with Crippen LogP contribution in [0.5, 0.6) is 5.75 Å². The van der Waals surface area contributed by atoms with Crippen molar-refractivity contribution in [2.45, 2.75) is 45.4 Å².